The first-order valence-electron chi connectivity index (χ1n) is 5.55. The third kappa shape index (κ3) is 4.68. The van der Waals surface area contributed by atoms with E-state index in [1.807, 2.05) is 30.3 Å². The summed E-state index contributed by atoms with van der Waals surface area (Å²) in [5.74, 6) is -1.60. The molecule has 0 saturated heterocycles. The average Bonchev–Trinajstić information content (AvgIpc) is 2.29. The lowest BCUT2D eigenvalue weighted by molar-refractivity contribution is -0.144. The molecule has 0 bridgehead atoms. The minimum Gasteiger partial charge on any atom is -0.481 e. The summed E-state index contributed by atoms with van der Waals surface area (Å²) in [7, 11) is 0. The van der Waals surface area contributed by atoms with Gasteiger partial charge in [-0.05, 0) is 12.5 Å². The Bertz CT molecular complexity index is 372. The molecule has 0 amide bonds. The Morgan fingerprint density at radius 2 is 1.88 bits per heavy atom. The number of hydrogen-bond donors (Lipinski definition) is 1. The number of esters is 1. The van der Waals surface area contributed by atoms with Gasteiger partial charge in [0.15, 0.2) is 0 Å². The highest BCUT2D eigenvalue weighted by atomic mass is 16.5. The van der Waals surface area contributed by atoms with Gasteiger partial charge in [-0.3, -0.25) is 9.59 Å². The van der Waals surface area contributed by atoms with Crippen LogP contribution in [0.4, 0.5) is 0 Å². The standard InChI is InChI=1S/C13H16O4/c1-2-17-13(16)9-11(8-12(14)15)10-6-4-3-5-7-10/h3-7,11H,2,8-9H2,1H3,(H,14,15). The van der Waals surface area contributed by atoms with Crippen LogP contribution in [0.25, 0.3) is 0 Å². The number of carbonyl (C=O) groups excluding carboxylic acids is 1. The molecule has 92 valence electrons. The molecule has 1 aromatic carbocycles. The van der Waals surface area contributed by atoms with E-state index >= 15 is 0 Å². The van der Waals surface area contributed by atoms with Crippen LogP contribution in [0, 0.1) is 0 Å². The van der Waals surface area contributed by atoms with Crippen LogP contribution in [0.1, 0.15) is 31.2 Å². The lowest BCUT2D eigenvalue weighted by Gasteiger charge is -2.14. The second kappa shape index (κ2) is 6.68. The van der Waals surface area contributed by atoms with Crippen molar-refractivity contribution in [3.63, 3.8) is 0 Å². The molecule has 4 heteroatoms. The van der Waals surface area contributed by atoms with Gasteiger partial charge in [0.1, 0.15) is 0 Å². The van der Waals surface area contributed by atoms with E-state index in [4.69, 9.17) is 9.84 Å². The molecular weight excluding hydrogens is 220 g/mol. The van der Waals surface area contributed by atoms with Crippen LogP contribution >= 0.6 is 0 Å². The fourth-order valence-electron chi connectivity index (χ4n) is 1.66. The SMILES string of the molecule is CCOC(=O)CC(CC(=O)O)c1ccccc1. The molecule has 1 aromatic rings. The van der Waals surface area contributed by atoms with Gasteiger partial charge < -0.3 is 9.84 Å². The number of hydrogen-bond acceptors (Lipinski definition) is 3. The van der Waals surface area contributed by atoms with Crippen molar-refractivity contribution < 1.29 is 19.4 Å². The number of carboxylic acids is 1. The van der Waals surface area contributed by atoms with Gasteiger partial charge in [-0.15, -0.1) is 0 Å². The van der Waals surface area contributed by atoms with E-state index in [0.717, 1.165) is 5.56 Å². The molecule has 1 N–H and O–H groups in total. The van der Waals surface area contributed by atoms with Gasteiger partial charge in [0.05, 0.1) is 19.4 Å². The molecule has 4 nitrogen and oxygen atoms in total. The fraction of sp³-hybridized carbons (Fsp3) is 0.385. The van der Waals surface area contributed by atoms with Gasteiger partial charge in [0, 0.05) is 5.92 Å². The van der Waals surface area contributed by atoms with E-state index in [1.165, 1.54) is 0 Å². The lowest BCUT2D eigenvalue weighted by Crippen LogP contribution is -2.13. The minimum atomic E-state index is -0.914. The summed E-state index contributed by atoms with van der Waals surface area (Å²) in [4.78, 5) is 22.2. The zero-order valence-electron chi connectivity index (χ0n) is 9.76. The first-order chi connectivity index (χ1) is 8.13. The third-order valence-corrected chi connectivity index (χ3v) is 2.41. The first-order valence-corrected chi connectivity index (χ1v) is 5.55. The molecule has 1 unspecified atom stereocenters. The number of carboxylic acid groups (broad SMARTS) is 1. The Kier molecular flexibility index (Phi) is 5.20. The maximum atomic E-state index is 11.4. The van der Waals surface area contributed by atoms with Crippen LogP contribution in [0.5, 0.6) is 0 Å². The number of aliphatic carboxylic acids is 1. The summed E-state index contributed by atoms with van der Waals surface area (Å²) < 4.78 is 4.84. The summed E-state index contributed by atoms with van der Waals surface area (Å²) in [5.41, 5.74) is 0.850. The quantitative estimate of drug-likeness (QED) is 0.769. The van der Waals surface area contributed by atoms with Gasteiger partial charge >= 0.3 is 11.9 Å². The van der Waals surface area contributed by atoms with Gasteiger partial charge in [0.25, 0.3) is 0 Å². The highest BCUT2D eigenvalue weighted by Crippen LogP contribution is 2.23. The summed E-state index contributed by atoms with van der Waals surface area (Å²) in [5, 5.41) is 8.84. The van der Waals surface area contributed by atoms with E-state index in [9.17, 15) is 9.59 Å². The Balaban J connectivity index is 2.74. The highest BCUT2D eigenvalue weighted by Gasteiger charge is 2.19. The van der Waals surface area contributed by atoms with Crippen molar-refractivity contribution in [3.8, 4) is 0 Å². The van der Waals surface area contributed by atoms with Crippen LogP contribution in [0.15, 0.2) is 30.3 Å². The van der Waals surface area contributed by atoms with Crippen molar-refractivity contribution in [3.05, 3.63) is 35.9 Å². The third-order valence-electron chi connectivity index (χ3n) is 2.41. The first kappa shape index (κ1) is 13.2. The maximum Gasteiger partial charge on any atom is 0.306 e. The topological polar surface area (TPSA) is 63.6 Å². The average molecular weight is 236 g/mol. The predicted molar refractivity (Wildman–Crippen MR) is 62.7 cm³/mol. The smallest absolute Gasteiger partial charge is 0.306 e. The van der Waals surface area contributed by atoms with Gasteiger partial charge in [-0.2, -0.15) is 0 Å². The van der Waals surface area contributed by atoms with Crippen molar-refractivity contribution in [1.29, 1.82) is 0 Å². The summed E-state index contributed by atoms with van der Waals surface area (Å²) >= 11 is 0. The Labute approximate surface area is 100 Å². The molecule has 17 heavy (non-hydrogen) atoms. The zero-order chi connectivity index (χ0) is 12.7. The second-order valence-corrected chi connectivity index (χ2v) is 3.71. The van der Waals surface area contributed by atoms with Crippen LogP contribution in [0.3, 0.4) is 0 Å². The molecule has 0 aliphatic carbocycles. The normalized spacial score (nSPS) is 11.8. The summed E-state index contributed by atoms with van der Waals surface area (Å²) in [6.45, 7) is 2.04. The molecule has 1 atom stereocenters. The van der Waals surface area contributed by atoms with Gasteiger partial charge in [-0.1, -0.05) is 30.3 Å². The predicted octanol–water partition coefficient (Wildman–Crippen LogP) is 2.20. The van der Waals surface area contributed by atoms with E-state index in [2.05, 4.69) is 0 Å². The molecule has 0 aliphatic heterocycles. The number of carbonyl (C=O) groups is 2. The van der Waals surface area contributed by atoms with Crippen LogP contribution in [0.2, 0.25) is 0 Å². The Morgan fingerprint density at radius 1 is 1.24 bits per heavy atom. The van der Waals surface area contributed by atoms with E-state index in [0.29, 0.717) is 6.61 Å². The van der Waals surface area contributed by atoms with E-state index < -0.39 is 5.97 Å². The largest absolute Gasteiger partial charge is 0.481 e. The minimum absolute atomic E-state index is 0.0666. The fourth-order valence-corrected chi connectivity index (χ4v) is 1.66. The summed E-state index contributed by atoms with van der Waals surface area (Å²) in [6.07, 6.45) is 0.0347. The molecule has 0 radical (unpaired) electrons. The maximum absolute atomic E-state index is 11.4. The van der Waals surface area contributed by atoms with Crippen LogP contribution in [-0.4, -0.2) is 23.7 Å². The second-order valence-electron chi connectivity index (χ2n) is 3.71. The number of rotatable bonds is 6. The Hall–Kier alpha value is -1.84. The van der Waals surface area contributed by atoms with Crippen molar-refractivity contribution in [2.24, 2.45) is 0 Å². The molecule has 0 heterocycles. The number of benzene rings is 1. The van der Waals surface area contributed by atoms with E-state index in [-0.39, 0.29) is 24.7 Å². The van der Waals surface area contributed by atoms with Gasteiger partial charge in [-0.25, -0.2) is 0 Å². The highest BCUT2D eigenvalue weighted by molar-refractivity contribution is 5.73. The van der Waals surface area contributed by atoms with Gasteiger partial charge in [0.2, 0.25) is 0 Å². The molecule has 0 fully saturated rings. The Morgan fingerprint density at radius 3 is 2.41 bits per heavy atom. The molecule has 1 rings (SSSR count). The molecule has 0 spiro atoms. The monoisotopic (exact) mass is 236 g/mol. The van der Waals surface area contributed by atoms with Crippen LogP contribution < -0.4 is 0 Å². The van der Waals surface area contributed by atoms with Crippen molar-refractivity contribution in [1.82, 2.24) is 0 Å². The molecule has 0 saturated carbocycles. The lowest BCUT2D eigenvalue weighted by atomic mass is 9.93. The van der Waals surface area contributed by atoms with E-state index in [1.54, 1.807) is 6.92 Å². The van der Waals surface area contributed by atoms with Crippen molar-refractivity contribution in [2.75, 3.05) is 6.61 Å². The zero-order valence-corrected chi connectivity index (χ0v) is 9.76. The molecule has 0 aliphatic rings. The summed E-state index contributed by atoms with van der Waals surface area (Å²) in [6, 6.07) is 9.16. The van der Waals surface area contributed by atoms with Crippen molar-refractivity contribution >= 4 is 11.9 Å². The van der Waals surface area contributed by atoms with Crippen LogP contribution in [-0.2, 0) is 14.3 Å². The van der Waals surface area contributed by atoms with Crippen molar-refractivity contribution in [2.45, 2.75) is 25.7 Å². The molecule has 0 aromatic heterocycles. The molecular formula is C13H16O4. The number of ether oxygens (including phenoxy) is 1.